The van der Waals surface area contributed by atoms with Crippen LogP contribution >= 0.6 is 0 Å². The van der Waals surface area contributed by atoms with Gasteiger partial charge in [-0.25, -0.2) is 9.18 Å². The number of hydrogen-bond donors (Lipinski definition) is 1. The highest BCUT2D eigenvalue weighted by Crippen LogP contribution is 2.22. The predicted octanol–water partition coefficient (Wildman–Crippen LogP) is 2.05. The van der Waals surface area contributed by atoms with Crippen molar-refractivity contribution in [2.24, 2.45) is 5.73 Å². The molecule has 5 heteroatoms. The molecule has 0 aliphatic carbocycles. The number of ether oxygens (including phenoxy) is 2. The third kappa shape index (κ3) is 5.26. The van der Waals surface area contributed by atoms with Crippen LogP contribution in [0.15, 0.2) is 18.2 Å². The summed E-state index contributed by atoms with van der Waals surface area (Å²) in [5, 5.41) is 0. The lowest BCUT2D eigenvalue weighted by Gasteiger charge is -2.11. The maximum absolute atomic E-state index is 13.6. The Kier molecular flexibility index (Phi) is 6.89. The minimum atomic E-state index is -0.493. The van der Waals surface area contributed by atoms with Crippen LogP contribution in [0.1, 0.15) is 25.3 Å². The van der Waals surface area contributed by atoms with E-state index in [1.807, 2.05) is 6.92 Å². The molecule has 0 amide bonds. The normalized spacial score (nSPS) is 10.3. The van der Waals surface area contributed by atoms with Crippen LogP contribution in [0.3, 0.4) is 0 Å². The Morgan fingerprint density at radius 2 is 2.21 bits per heavy atom. The van der Waals surface area contributed by atoms with Gasteiger partial charge in [0.15, 0.2) is 18.2 Å². The summed E-state index contributed by atoms with van der Waals surface area (Å²) >= 11 is 0. The highest BCUT2D eigenvalue weighted by molar-refractivity contribution is 5.71. The third-order valence-electron chi connectivity index (χ3n) is 2.56. The maximum Gasteiger partial charge on any atom is 0.344 e. The van der Waals surface area contributed by atoms with Gasteiger partial charge < -0.3 is 15.2 Å². The van der Waals surface area contributed by atoms with Crippen molar-refractivity contribution in [2.45, 2.75) is 26.2 Å². The lowest BCUT2D eigenvalue weighted by molar-refractivity contribution is -0.146. The summed E-state index contributed by atoms with van der Waals surface area (Å²) in [5.74, 6) is -0.900. The van der Waals surface area contributed by atoms with Gasteiger partial charge in [0.1, 0.15) is 0 Å². The SMILES string of the molecule is CCCCOC(=O)COc1c(F)cccc1CCN. The van der Waals surface area contributed by atoms with Crippen molar-refractivity contribution < 1.29 is 18.7 Å². The van der Waals surface area contributed by atoms with Crippen molar-refractivity contribution in [1.82, 2.24) is 0 Å². The minimum absolute atomic E-state index is 0.0837. The summed E-state index contributed by atoms with van der Waals surface area (Å²) in [6, 6.07) is 4.61. The summed E-state index contributed by atoms with van der Waals surface area (Å²) in [7, 11) is 0. The Balaban J connectivity index is 2.54. The van der Waals surface area contributed by atoms with Gasteiger partial charge >= 0.3 is 5.97 Å². The molecular formula is C14H20FNO3. The number of hydrogen-bond acceptors (Lipinski definition) is 4. The summed E-state index contributed by atoms with van der Waals surface area (Å²) in [4.78, 5) is 11.4. The second-order valence-electron chi connectivity index (χ2n) is 4.13. The fourth-order valence-corrected chi connectivity index (χ4v) is 1.57. The molecule has 0 bridgehead atoms. The van der Waals surface area contributed by atoms with E-state index in [9.17, 15) is 9.18 Å². The molecule has 1 rings (SSSR count). The molecule has 0 saturated carbocycles. The van der Waals surface area contributed by atoms with Gasteiger partial charge in [-0.1, -0.05) is 25.5 Å². The molecule has 0 radical (unpaired) electrons. The number of carbonyl (C=O) groups is 1. The van der Waals surface area contributed by atoms with Gasteiger partial charge in [-0.15, -0.1) is 0 Å². The van der Waals surface area contributed by atoms with E-state index in [2.05, 4.69) is 0 Å². The average molecular weight is 269 g/mol. The summed E-state index contributed by atoms with van der Waals surface area (Å²) < 4.78 is 23.8. The van der Waals surface area contributed by atoms with E-state index in [1.165, 1.54) is 6.07 Å². The molecule has 0 aliphatic heterocycles. The molecule has 19 heavy (non-hydrogen) atoms. The van der Waals surface area contributed by atoms with Crippen molar-refractivity contribution in [2.75, 3.05) is 19.8 Å². The molecule has 1 aromatic carbocycles. The number of para-hydroxylation sites is 1. The van der Waals surface area contributed by atoms with Crippen molar-refractivity contribution in [3.63, 3.8) is 0 Å². The second-order valence-corrected chi connectivity index (χ2v) is 4.13. The molecule has 0 aromatic heterocycles. The van der Waals surface area contributed by atoms with Gasteiger partial charge in [-0.05, 0) is 31.0 Å². The third-order valence-corrected chi connectivity index (χ3v) is 2.56. The first-order valence-corrected chi connectivity index (χ1v) is 6.45. The lowest BCUT2D eigenvalue weighted by Crippen LogP contribution is -2.17. The Morgan fingerprint density at radius 3 is 2.89 bits per heavy atom. The second kappa shape index (κ2) is 8.48. The van der Waals surface area contributed by atoms with Crippen molar-refractivity contribution in [3.8, 4) is 5.75 Å². The van der Waals surface area contributed by atoms with E-state index in [4.69, 9.17) is 15.2 Å². The van der Waals surface area contributed by atoms with Gasteiger partial charge in [0.05, 0.1) is 6.61 Å². The molecule has 4 nitrogen and oxygen atoms in total. The molecule has 1 aromatic rings. The van der Waals surface area contributed by atoms with Crippen LogP contribution < -0.4 is 10.5 Å². The van der Waals surface area contributed by atoms with E-state index >= 15 is 0 Å². The molecular weight excluding hydrogens is 249 g/mol. The zero-order valence-electron chi connectivity index (χ0n) is 11.2. The zero-order chi connectivity index (χ0) is 14.1. The van der Waals surface area contributed by atoms with Crippen LogP contribution in [0.25, 0.3) is 0 Å². The van der Waals surface area contributed by atoms with Gasteiger partial charge in [0, 0.05) is 0 Å². The van der Waals surface area contributed by atoms with Crippen LogP contribution in [-0.2, 0) is 16.0 Å². The van der Waals surface area contributed by atoms with Crippen molar-refractivity contribution in [3.05, 3.63) is 29.6 Å². The number of benzene rings is 1. The van der Waals surface area contributed by atoms with Gasteiger partial charge in [0.2, 0.25) is 0 Å². The molecule has 0 heterocycles. The first-order valence-electron chi connectivity index (χ1n) is 6.45. The molecule has 0 aliphatic rings. The first-order chi connectivity index (χ1) is 9.19. The topological polar surface area (TPSA) is 61.5 Å². The van der Waals surface area contributed by atoms with E-state index in [-0.39, 0.29) is 12.4 Å². The average Bonchev–Trinajstić information content (AvgIpc) is 2.39. The first kappa shape index (κ1) is 15.4. The van der Waals surface area contributed by atoms with E-state index < -0.39 is 11.8 Å². The predicted molar refractivity (Wildman–Crippen MR) is 70.5 cm³/mol. The number of nitrogens with two attached hydrogens (primary N) is 1. The molecule has 0 saturated heterocycles. The molecule has 0 unspecified atom stereocenters. The smallest absolute Gasteiger partial charge is 0.344 e. The highest BCUT2D eigenvalue weighted by atomic mass is 19.1. The van der Waals surface area contributed by atoms with Gasteiger partial charge in [-0.3, -0.25) is 0 Å². The Bertz CT molecular complexity index is 410. The standard InChI is InChI=1S/C14H20FNO3/c1-2-3-9-18-13(17)10-19-14-11(7-8-16)5-4-6-12(14)15/h4-6H,2-3,7-10,16H2,1H3. The highest BCUT2D eigenvalue weighted by Gasteiger charge is 2.12. The molecule has 2 N–H and O–H groups in total. The Hall–Kier alpha value is -1.62. The van der Waals surface area contributed by atoms with Crippen LogP contribution in [-0.4, -0.2) is 25.7 Å². The van der Waals surface area contributed by atoms with Gasteiger partial charge in [0.25, 0.3) is 0 Å². The lowest BCUT2D eigenvalue weighted by atomic mass is 10.1. The molecule has 0 spiro atoms. The number of unbranched alkanes of at least 4 members (excludes halogenated alkanes) is 1. The number of halogens is 1. The van der Waals surface area contributed by atoms with Crippen LogP contribution in [0, 0.1) is 5.82 Å². The zero-order valence-corrected chi connectivity index (χ0v) is 11.2. The van der Waals surface area contributed by atoms with E-state index in [0.29, 0.717) is 25.1 Å². The number of esters is 1. The minimum Gasteiger partial charge on any atom is -0.479 e. The molecule has 0 atom stereocenters. The fourth-order valence-electron chi connectivity index (χ4n) is 1.57. The largest absolute Gasteiger partial charge is 0.479 e. The van der Waals surface area contributed by atoms with E-state index in [0.717, 1.165) is 12.8 Å². The van der Waals surface area contributed by atoms with Crippen LogP contribution in [0.2, 0.25) is 0 Å². The van der Waals surface area contributed by atoms with Gasteiger partial charge in [-0.2, -0.15) is 0 Å². The quantitative estimate of drug-likeness (QED) is 0.579. The number of carbonyl (C=O) groups excluding carboxylic acids is 1. The fraction of sp³-hybridized carbons (Fsp3) is 0.500. The molecule has 0 fully saturated rings. The van der Waals surface area contributed by atoms with Crippen LogP contribution in [0.4, 0.5) is 4.39 Å². The summed E-state index contributed by atoms with van der Waals surface area (Å²) in [5.41, 5.74) is 6.10. The Labute approximate surface area is 112 Å². The van der Waals surface area contributed by atoms with Crippen molar-refractivity contribution in [1.29, 1.82) is 0 Å². The Morgan fingerprint density at radius 1 is 1.42 bits per heavy atom. The van der Waals surface area contributed by atoms with Crippen LogP contribution in [0.5, 0.6) is 5.75 Å². The summed E-state index contributed by atoms with van der Waals surface area (Å²) in [6.07, 6.45) is 2.25. The van der Waals surface area contributed by atoms with Crippen molar-refractivity contribution >= 4 is 5.97 Å². The monoisotopic (exact) mass is 269 g/mol. The van der Waals surface area contributed by atoms with E-state index in [1.54, 1.807) is 12.1 Å². The number of rotatable bonds is 8. The molecule has 106 valence electrons. The summed E-state index contributed by atoms with van der Waals surface area (Å²) in [6.45, 7) is 2.47. The maximum atomic E-state index is 13.6.